The summed E-state index contributed by atoms with van der Waals surface area (Å²) in [6.45, 7) is 24.4. The van der Waals surface area contributed by atoms with Gasteiger partial charge in [-0.15, -0.1) is 128 Å². The van der Waals surface area contributed by atoms with E-state index in [1.807, 2.05) is 97.3 Å². The molecule has 0 saturated carbocycles. The second kappa shape index (κ2) is 47.1. The van der Waals surface area contributed by atoms with Crippen LogP contribution in [0.25, 0.3) is 99.9 Å². The maximum atomic E-state index is 10.0. The Balaban J connectivity index is 0.000000342. The van der Waals surface area contributed by atoms with Crippen molar-refractivity contribution < 1.29 is 120 Å². The minimum atomic E-state index is -0.125. The number of allylic oxidation sites excluding steroid dienone is 8. The van der Waals surface area contributed by atoms with Crippen molar-refractivity contribution in [2.24, 2.45) is 0 Å². The van der Waals surface area contributed by atoms with Crippen molar-refractivity contribution in [2.75, 3.05) is 0 Å². The minimum Gasteiger partial charge on any atom is -0.512 e. The molecule has 111 heavy (non-hydrogen) atoms. The molecule has 4 aromatic heterocycles. The Morgan fingerprint density at radius 2 is 0.892 bits per heavy atom. The molecule has 4 N–H and O–H groups in total. The third-order valence-electron chi connectivity index (χ3n) is 16.3. The number of pyridine rings is 4. The summed E-state index contributed by atoms with van der Waals surface area (Å²) in [7, 11) is 0. The molecule has 0 atom stereocenters. The molecule has 0 spiro atoms. The average molecular weight is 2180 g/mol. The number of aryl methyl sites for hydroxylation is 4. The number of aliphatic hydroxyl groups excluding tert-OH is 4. The zero-order valence-electron chi connectivity index (χ0n) is 64.4. The quantitative estimate of drug-likeness (QED) is 0.0606. The van der Waals surface area contributed by atoms with Gasteiger partial charge in [0.05, 0.1) is 34.1 Å². The van der Waals surface area contributed by atoms with Crippen LogP contribution in [0.1, 0.15) is 103 Å². The summed E-state index contributed by atoms with van der Waals surface area (Å²) in [5.41, 5.74) is 22.9. The van der Waals surface area contributed by atoms with E-state index in [2.05, 4.69) is 221 Å². The molecule has 1 aliphatic rings. The van der Waals surface area contributed by atoms with Crippen molar-refractivity contribution >= 4 is 55.7 Å². The van der Waals surface area contributed by atoms with E-state index in [0.29, 0.717) is 0 Å². The maximum Gasteiger partial charge on any atom is 0.155 e. The van der Waals surface area contributed by atoms with Gasteiger partial charge in [-0.2, -0.15) is 0 Å². The second-order valence-electron chi connectivity index (χ2n) is 26.1. The number of para-hydroxylation sites is 2. The van der Waals surface area contributed by atoms with E-state index in [-0.39, 0.29) is 132 Å². The Hall–Kier alpha value is -10.2. The normalized spacial score (nSPS) is 11.3. The fourth-order valence-electron chi connectivity index (χ4n) is 11.6. The van der Waals surface area contributed by atoms with E-state index in [4.69, 9.17) is 30.4 Å². The summed E-state index contributed by atoms with van der Waals surface area (Å²) in [6, 6.07) is 92.6. The third kappa shape index (κ3) is 29.9. The first kappa shape index (κ1) is 95.0. The number of hydrogen-bond donors (Lipinski definition) is 4. The fourth-order valence-corrected chi connectivity index (χ4v) is 11.6. The molecular formula is C95H90Ir4N4O8-4. The van der Waals surface area contributed by atoms with Gasteiger partial charge in [-0.1, -0.05) is 216 Å². The molecule has 0 amide bonds. The Morgan fingerprint density at radius 3 is 1.43 bits per heavy atom. The van der Waals surface area contributed by atoms with Crippen molar-refractivity contribution in [3.8, 4) is 67.3 Å². The van der Waals surface area contributed by atoms with Crippen LogP contribution in [0.3, 0.4) is 0 Å². The van der Waals surface area contributed by atoms with Crippen LogP contribution in [0.15, 0.2) is 290 Å². The smallest absolute Gasteiger partial charge is 0.155 e. The topological polar surface area (TPSA) is 201 Å². The number of aliphatic hydroxyl groups is 4. The van der Waals surface area contributed by atoms with E-state index >= 15 is 0 Å². The number of nitrogens with zero attached hydrogens (tertiary/aromatic N) is 4. The molecule has 0 bridgehead atoms. The van der Waals surface area contributed by atoms with Gasteiger partial charge in [0, 0.05) is 123 Å². The Labute approximate surface area is 707 Å². The number of carbonyl (C=O) groups excluding carboxylic acids is 4. The van der Waals surface area contributed by atoms with Crippen LogP contribution in [-0.4, -0.2) is 63.5 Å². The van der Waals surface area contributed by atoms with Crippen LogP contribution < -0.4 is 0 Å². The van der Waals surface area contributed by atoms with Gasteiger partial charge in [0.2, 0.25) is 0 Å². The number of fused-ring (bicyclic) bond motifs is 6. The first-order chi connectivity index (χ1) is 51.1. The molecule has 9 aromatic carbocycles. The molecule has 0 fully saturated rings. The molecule has 0 aliphatic heterocycles. The third-order valence-corrected chi connectivity index (χ3v) is 16.3. The molecule has 14 rings (SSSR count). The van der Waals surface area contributed by atoms with Crippen molar-refractivity contribution in [1.82, 2.24) is 19.9 Å². The molecule has 12 nitrogen and oxygen atoms in total. The molecule has 0 saturated heterocycles. The van der Waals surface area contributed by atoms with Crippen molar-refractivity contribution in [1.29, 1.82) is 0 Å². The second-order valence-corrected chi connectivity index (χ2v) is 26.1. The molecular weight excluding hydrogens is 2090 g/mol. The Morgan fingerprint density at radius 1 is 0.387 bits per heavy atom. The monoisotopic (exact) mass is 2190 g/mol. The largest absolute Gasteiger partial charge is 0.512 e. The van der Waals surface area contributed by atoms with Crippen LogP contribution in [0.5, 0.6) is 0 Å². The van der Waals surface area contributed by atoms with Crippen LogP contribution >= 0.6 is 0 Å². The summed E-state index contributed by atoms with van der Waals surface area (Å²) in [5.74, 6) is -0.250. The Kier molecular flexibility index (Phi) is 40.3. The van der Waals surface area contributed by atoms with Gasteiger partial charge < -0.3 is 30.4 Å². The predicted octanol–water partition coefficient (Wildman–Crippen LogP) is 23.0. The van der Waals surface area contributed by atoms with Crippen LogP contribution in [0, 0.1) is 52.0 Å². The molecule has 4 heterocycles. The van der Waals surface area contributed by atoms with Crippen LogP contribution in [0.4, 0.5) is 0 Å². The number of benzene rings is 9. The maximum absolute atomic E-state index is 10.0. The number of aromatic nitrogens is 4. The molecule has 13 aromatic rings. The van der Waals surface area contributed by atoms with Gasteiger partial charge in [-0.25, -0.2) is 0 Å². The van der Waals surface area contributed by atoms with E-state index in [1.54, 1.807) is 0 Å². The summed E-state index contributed by atoms with van der Waals surface area (Å²) in [4.78, 5) is 58.4. The van der Waals surface area contributed by atoms with E-state index in [9.17, 15) is 19.2 Å². The Bertz CT molecular complexity index is 5220. The summed E-state index contributed by atoms with van der Waals surface area (Å²) >= 11 is 0. The number of ketones is 4. The van der Waals surface area contributed by atoms with Gasteiger partial charge in [0.25, 0.3) is 0 Å². The van der Waals surface area contributed by atoms with Gasteiger partial charge in [0.15, 0.2) is 23.1 Å². The summed E-state index contributed by atoms with van der Waals surface area (Å²) in [6.07, 6.45) is 8.31. The van der Waals surface area contributed by atoms with Crippen LogP contribution in [-0.2, 0) is 105 Å². The average Bonchev–Trinajstić information content (AvgIpc) is 1.60. The minimum absolute atomic E-state index is 0. The standard InChI is InChI=1S/C23H18N.C20H16N.C17H14N.C15H10N.4C5H8O2.4Ir/c1-16-12-13-19(14-17(16)2)23-15-21(18-8-4-3-5-9-18)20-10-6-7-11-22(20)24-23;1-20(2)17-8-4-3-7-15(17)16-11-10-14(13-18(16)20)19-9-5-6-12-21-19;1-12-9-13(2)11-15(10-12)17-8-7-14-5-3-4-6-16(14)18-17;1-2-8-13-12(6-1)7-5-9-14(13)15-10-3-4-11-16-15;4*1-4(6)3-5(2)7;;;;/h3-13,15H,1-2H3;3-9,11-13H,1-2H3;3-10H,1-2H3;1-8,10-11H;4*3,6H,1-2H3;;;;/q4*-1;;;;;;;;. The molecule has 0 unspecified atom stereocenters. The molecule has 1 aliphatic carbocycles. The predicted molar refractivity (Wildman–Crippen MR) is 437 cm³/mol. The van der Waals surface area contributed by atoms with Gasteiger partial charge >= 0.3 is 0 Å². The van der Waals surface area contributed by atoms with E-state index < -0.39 is 0 Å². The SMILES string of the molecule is CC(=O)C=C(C)O.CC(=O)C=C(C)O.CC(=O)C=C(C)O.CC(=O)C=C(C)O.CC1(C)c2ccccc2-c2c[c-]c(-c3ccccn3)cc21.Cc1[c-]c(-c2cc(-c3ccccc3)c3ccccc3n2)ccc1C.Cc1[c-]c(-c2ccc3ccccc3n2)cc(C)c1.[Ir].[Ir].[Ir].[Ir].[c-]1ccc2ccccc2c1-c1ccccn1. The van der Waals surface area contributed by atoms with Crippen LogP contribution in [0.2, 0.25) is 0 Å². The van der Waals surface area contributed by atoms with E-state index in [1.165, 1.54) is 151 Å². The van der Waals surface area contributed by atoms with E-state index in [0.717, 1.165) is 61.6 Å². The number of carbonyl (C=O) groups is 4. The summed E-state index contributed by atoms with van der Waals surface area (Å²) in [5, 5.41) is 38.2. The molecule has 4 radical (unpaired) electrons. The molecule has 578 valence electrons. The first-order valence-electron chi connectivity index (χ1n) is 34.8. The van der Waals surface area contributed by atoms with Gasteiger partial charge in [0.1, 0.15) is 0 Å². The van der Waals surface area contributed by atoms with Gasteiger partial charge in [-0.05, 0) is 130 Å². The van der Waals surface area contributed by atoms with Gasteiger partial charge in [-0.3, -0.25) is 29.1 Å². The number of rotatable bonds is 9. The van der Waals surface area contributed by atoms with Crippen molar-refractivity contribution in [3.63, 3.8) is 0 Å². The fraction of sp³-hybridized carbons (Fsp3) is 0.158. The zero-order chi connectivity index (χ0) is 77.7. The summed E-state index contributed by atoms with van der Waals surface area (Å²) < 4.78 is 0. The zero-order valence-corrected chi connectivity index (χ0v) is 74.0. The van der Waals surface area contributed by atoms with Crippen molar-refractivity contribution in [3.05, 3.63) is 348 Å². The molecule has 16 heteroatoms. The first-order valence-corrected chi connectivity index (χ1v) is 34.8. The van der Waals surface area contributed by atoms with Crippen molar-refractivity contribution in [2.45, 2.75) is 102 Å². The number of hydrogen-bond acceptors (Lipinski definition) is 12.